The number of nitrogens with two attached hydrogens (primary N) is 1. The van der Waals surface area contributed by atoms with Crippen molar-refractivity contribution in [2.75, 3.05) is 0 Å². The van der Waals surface area contributed by atoms with Crippen molar-refractivity contribution in [2.45, 2.75) is 52.1 Å². The highest BCUT2D eigenvalue weighted by atomic mass is 32.1. The number of pyridine rings is 1. The Labute approximate surface area is 120 Å². The smallest absolute Gasteiger partial charge is 0.214 e. The number of rotatable bonds is 4. The Kier molecular flexibility index (Phi) is 4.75. The molecule has 1 heterocycles. The van der Waals surface area contributed by atoms with Gasteiger partial charge in [-0.15, -0.1) is 0 Å². The number of hydrogen-bond donors (Lipinski definition) is 1. The van der Waals surface area contributed by atoms with E-state index in [0.29, 0.717) is 16.8 Å². The maximum atomic E-state index is 6.10. The molecule has 2 atom stereocenters. The quantitative estimate of drug-likeness (QED) is 0.858. The van der Waals surface area contributed by atoms with Crippen molar-refractivity contribution in [3.63, 3.8) is 0 Å². The molecule has 0 bridgehead atoms. The van der Waals surface area contributed by atoms with E-state index in [2.05, 4.69) is 11.9 Å². The minimum Gasteiger partial charge on any atom is -0.474 e. The summed E-state index contributed by atoms with van der Waals surface area (Å²) < 4.78 is 6.10. The maximum absolute atomic E-state index is 6.10. The molecular weight excluding hydrogens is 256 g/mol. The van der Waals surface area contributed by atoms with Gasteiger partial charge in [-0.1, -0.05) is 25.6 Å². The van der Waals surface area contributed by atoms with E-state index in [1.165, 1.54) is 25.7 Å². The van der Waals surface area contributed by atoms with Crippen molar-refractivity contribution in [2.24, 2.45) is 11.7 Å². The molecule has 1 saturated carbocycles. The minimum absolute atomic E-state index is 0.284. The van der Waals surface area contributed by atoms with Crippen molar-refractivity contribution in [1.29, 1.82) is 0 Å². The molecule has 0 radical (unpaired) electrons. The summed E-state index contributed by atoms with van der Waals surface area (Å²) in [5.41, 5.74) is 7.41. The standard InChI is InChI=1S/C15H22N2OS/c1-3-11-6-4-5-7-13(11)18-14-9-12(15(16)19)8-10(2)17-14/h8-9,11,13H,3-7H2,1-2H3,(H2,16,19). The van der Waals surface area contributed by atoms with Crippen LogP contribution >= 0.6 is 12.2 Å². The van der Waals surface area contributed by atoms with E-state index in [1.807, 2.05) is 19.1 Å². The van der Waals surface area contributed by atoms with E-state index in [0.717, 1.165) is 17.7 Å². The summed E-state index contributed by atoms with van der Waals surface area (Å²) in [4.78, 5) is 4.84. The van der Waals surface area contributed by atoms with Gasteiger partial charge in [-0.3, -0.25) is 0 Å². The van der Waals surface area contributed by atoms with Gasteiger partial charge in [-0.2, -0.15) is 0 Å². The molecule has 2 N–H and O–H groups in total. The van der Waals surface area contributed by atoms with Gasteiger partial charge in [-0.25, -0.2) is 4.98 Å². The highest BCUT2D eigenvalue weighted by molar-refractivity contribution is 7.80. The molecule has 0 aromatic carbocycles. The van der Waals surface area contributed by atoms with Crippen LogP contribution in [0.4, 0.5) is 0 Å². The molecule has 19 heavy (non-hydrogen) atoms. The minimum atomic E-state index is 0.284. The highest BCUT2D eigenvalue weighted by Crippen LogP contribution is 2.30. The van der Waals surface area contributed by atoms with Gasteiger partial charge in [0, 0.05) is 17.3 Å². The fourth-order valence-corrected chi connectivity index (χ4v) is 2.91. The molecule has 1 aromatic rings. The molecule has 4 heteroatoms. The van der Waals surface area contributed by atoms with E-state index in [4.69, 9.17) is 22.7 Å². The molecule has 0 aliphatic heterocycles. The molecule has 1 fully saturated rings. The molecule has 0 amide bonds. The van der Waals surface area contributed by atoms with Gasteiger partial charge >= 0.3 is 0 Å². The van der Waals surface area contributed by atoms with Crippen LogP contribution in [0.25, 0.3) is 0 Å². The predicted molar refractivity (Wildman–Crippen MR) is 81.5 cm³/mol. The number of aromatic nitrogens is 1. The molecule has 0 spiro atoms. The van der Waals surface area contributed by atoms with Crippen LogP contribution in [0.1, 0.15) is 50.3 Å². The maximum Gasteiger partial charge on any atom is 0.214 e. The van der Waals surface area contributed by atoms with Crippen LogP contribution in [0, 0.1) is 12.8 Å². The van der Waals surface area contributed by atoms with Gasteiger partial charge in [0.1, 0.15) is 11.1 Å². The number of nitrogens with zero attached hydrogens (tertiary/aromatic N) is 1. The van der Waals surface area contributed by atoms with Crippen LogP contribution in [0.2, 0.25) is 0 Å². The van der Waals surface area contributed by atoms with Gasteiger partial charge in [0.2, 0.25) is 5.88 Å². The summed E-state index contributed by atoms with van der Waals surface area (Å²) in [5, 5.41) is 0. The first-order valence-electron chi connectivity index (χ1n) is 7.05. The summed E-state index contributed by atoms with van der Waals surface area (Å²) in [6.07, 6.45) is 6.39. The normalized spacial score (nSPS) is 23.1. The van der Waals surface area contributed by atoms with E-state index in [-0.39, 0.29) is 6.10 Å². The molecule has 2 unspecified atom stereocenters. The Morgan fingerprint density at radius 1 is 1.42 bits per heavy atom. The summed E-state index contributed by atoms with van der Waals surface area (Å²) >= 11 is 5.03. The topological polar surface area (TPSA) is 48.1 Å². The number of hydrogen-bond acceptors (Lipinski definition) is 3. The lowest BCUT2D eigenvalue weighted by atomic mass is 9.85. The van der Waals surface area contributed by atoms with Gasteiger partial charge in [0.15, 0.2) is 0 Å². The zero-order chi connectivity index (χ0) is 13.8. The lowest BCUT2D eigenvalue weighted by molar-refractivity contribution is 0.0857. The summed E-state index contributed by atoms with van der Waals surface area (Å²) in [5.74, 6) is 1.30. The van der Waals surface area contributed by atoms with E-state index in [9.17, 15) is 0 Å². The van der Waals surface area contributed by atoms with E-state index < -0.39 is 0 Å². The van der Waals surface area contributed by atoms with Crippen LogP contribution in [-0.4, -0.2) is 16.1 Å². The first-order chi connectivity index (χ1) is 9.10. The van der Waals surface area contributed by atoms with Gasteiger partial charge in [0.05, 0.1) is 0 Å². The van der Waals surface area contributed by atoms with Gasteiger partial charge < -0.3 is 10.5 Å². The average molecular weight is 278 g/mol. The third kappa shape index (κ3) is 3.66. The Bertz CT molecular complexity index is 461. The number of ether oxygens (including phenoxy) is 1. The second-order valence-electron chi connectivity index (χ2n) is 5.31. The first-order valence-corrected chi connectivity index (χ1v) is 7.46. The number of aryl methyl sites for hydroxylation is 1. The Morgan fingerprint density at radius 2 is 2.16 bits per heavy atom. The van der Waals surface area contributed by atoms with E-state index >= 15 is 0 Å². The fraction of sp³-hybridized carbons (Fsp3) is 0.600. The zero-order valence-electron chi connectivity index (χ0n) is 11.7. The Balaban J connectivity index is 2.15. The fourth-order valence-electron chi connectivity index (χ4n) is 2.79. The van der Waals surface area contributed by atoms with Crippen molar-refractivity contribution in [1.82, 2.24) is 4.98 Å². The monoisotopic (exact) mass is 278 g/mol. The lowest BCUT2D eigenvalue weighted by Gasteiger charge is -2.30. The highest BCUT2D eigenvalue weighted by Gasteiger charge is 2.25. The zero-order valence-corrected chi connectivity index (χ0v) is 12.5. The molecule has 104 valence electrons. The van der Waals surface area contributed by atoms with Crippen LogP contribution in [0.5, 0.6) is 5.88 Å². The van der Waals surface area contributed by atoms with Crippen molar-refractivity contribution in [3.05, 3.63) is 23.4 Å². The third-order valence-corrected chi connectivity index (χ3v) is 4.09. The Morgan fingerprint density at radius 3 is 2.84 bits per heavy atom. The van der Waals surface area contributed by atoms with Gasteiger partial charge in [0.25, 0.3) is 0 Å². The Hall–Kier alpha value is -1.16. The van der Waals surface area contributed by atoms with Crippen LogP contribution < -0.4 is 10.5 Å². The lowest BCUT2D eigenvalue weighted by Crippen LogP contribution is -2.30. The van der Waals surface area contributed by atoms with Crippen molar-refractivity contribution in [3.8, 4) is 5.88 Å². The first kappa shape index (κ1) is 14.3. The van der Waals surface area contributed by atoms with Gasteiger partial charge in [-0.05, 0) is 44.6 Å². The number of thiocarbonyl (C=S) groups is 1. The molecule has 1 aliphatic carbocycles. The average Bonchev–Trinajstić information content (AvgIpc) is 2.38. The second kappa shape index (κ2) is 6.33. The van der Waals surface area contributed by atoms with Crippen molar-refractivity contribution < 1.29 is 4.74 Å². The largest absolute Gasteiger partial charge is 0.474 e. The molecule has 2 rings (SSSR count). The molecule has 1 aromatic heterocycles. The van der Waals surface area contributed by atoms with E-state index in [1.54, 1.807) is 0 Å². The third-order valence-electron chi connectivity index (χ3n) is 3.85. The summed E-state index contributed by atoms with van der Waals surface area (Å²) in [6, 6.07) is 3.75. The van der Waals surface area contributed by atoms with Crippen LogP contribution in [0.3, 0.4) is 0 Å². The second-order valence-corrected chi connectivity index (χ2v) is 5.75. The summed E-state index contributed by atoms with van der Waals surface area (Å²) in [6.45, 7) is 4.17. The van der Waals surface area contributed by atoms with Crippen molar-refractivity contribution >= 4 is 17.2 Å². The molecule has 1 aliphatic rings. The van der Waals surface area contributed by atoms with Crippen LogP contribution in [-0.2, 0) is 0 Å². The molecule has 0 saturated heterocycles. The predicted octanol–water partition coefficient (Wildman–Crippen LogP) is 3.37. The summed E-state index contributed by atoms with van der Waals surface area (Å²) in [7, 11) is 0. The molecule has 3 nitrogen and oxygen atoms in total. The molecular formula is C15H22N2OS. The van der Waals surface area contributed by atoms with Crippen LogP contribution in [0.15, 0.2) is 12.1 Å². The SMILES string of the molecule is CCC1CCCCC1Oc1cc(C(N)=S)cc(C)n1.